The maximum absolute atomic E-state index is 11.9. The van der Waals surface area contributed by atoms with Crippen LogP contribution in [-0.2, 0) is 7.05 Å². The van der Waals surface area contributed by atoms with Gasteiger partial charge < -0.3 is 9.88 Å². The van der Waals surface area contributed by atoms with E-state index in [9.17, 15) is 4.79 Å². The molecule has 1 N–H and O–H groups in total. The summed E-state index contributed by atoms with van der Waals surface area (Å²) in [5.41, 5.74) is 1.32. The monoisotopic (exact) mass is 294 g/mol. The van der Waals surface area contributed by atoms with Crippen LogP contribution in [0.3, 0.4) is 0 Å². The summed E-state index contributed by atoms with van der Waals surface area (Å²) in [6.45, 7) is 1.86. The fourth-order valence-corrected chi connectivity index (χ4v) is 1.59. The van der Waals surface area contributed by atoms with Crippen molar-refractivity contribution in [3.8, 4) is 0 Å². The molecule has 2 aromatic heterocycles. The van der Waals surface area contributed by atoms with Crippen LogP contribution in [0.5, 0.6) is 0 Å². The molecule has 0 atom stereocenters. The molecule has 2 rings (SSSR count). The van der Waals surface area contributed by atoms with Crippen LogP contribution in [0.2, 0.25) is 0 Å². The Hall–Kier alpha value is -1.69. The number of hydrogen-bond acceptors (Lipinski definition) is 3. The molecule has 5 nitrogen and oxygen atoms in total. The quantitative estimate of drug-likeness (QED) is 0.923. The highest BCUT2D eigenvalue weighted by atomic mass is 79.9. The molecule has 2 aromatic rings. The maximum atomic E-state index is 11.9. The fraction of sp³-hybridized carbons (Fsp3) is 0.182. The lowest BCUT2D eigenvalue weighted by atomic mass is 10.3. The van der Waals surface area contributed by atoms with Crippen LogP contribution < -0.4 is 5.32 Å². The second-order valence-electron chi connectivity index (χ2n) is 3.61. The molecule has 0 unspecified atom stereocenters. The molecule has 0 saturated heterocycles. The average Bonchev–Trinajstić information content (AvgIpc) is 2.70. The van der Waals surface area contributed by atoms with Crippen LogP contribution >= 0.6 is 15.9 Å². The third-order valence-electron chi connectivity index (χ3n) is 2.31. The molecule has 0 saturated carbocycles. The van der Waals surface area contributed by atoms with Crippen molar-refractivity contribution in [2.45, 2.75) is 6.92 Å². The molecule has 0 aromatic carbocycles. The lowest BCUT2D eigenvalue weighted by Gasteiger charge is -2.06. The lowest BCUT2D eigenvalue weighted by molar-refractivity contribution is 0.101. The van der Waals surface area contributed by atoms with E-state index in [0.29, 0.717) is 11.5 Å². The van der Waals surface area contributed by atoms with Gasteiger partial charge in [-0.15, -0.1) is 0 Å². The molecule has 0 radical (unpaired) electrons. The number of imidazole rings is 1. The number of carbonyl (C=O) groups is 1. The summed E-state index contributed by atoms with van der Waals surface area (Å²) in [5.74, 6) is 0.302. The second-order valence-corrected chi connectivity index (χ2v) is 4.46. The van der Waals surface area contributed by atoms with Crippen molar-refractivity contribution < 1.29 is 4.79 Å². The predicted octanol–water partition coefficient (Wildman–Crippen LogP) is 2.14. The number of pyridine rings is 1. The molecule has 0 aliphatic rings. The van der Waals surface area contributed by atoms with E-state index >= 15 is 0 Å². The van der Waals surface area contributed by atoms with Gasteiger partial charge in [0, 0.05) is 11.5 Å². The molecule has 0 fully saturated rings. The van der Waals surface area contributed by atoms with E-state index in [0.717, 1.165) is 10.2 Å². The molecule has 6 heteroatoms. The number of amides is 1. The van der Waals surface area contributed by atoms with Crippen LogP contribution in [0.4, 0.5) is 5.82 Å². The third-order valence-corrected chi connectivity index (χ3v) is 3.15. The number of anilines is 1. The van der Waals surface area contributed by atoms with Crippen molar-refractivity contribution >= 4 is 27.7 Å². The number of carbonyl (C=O) groups excluding carboxylic acids is 1. The van der Waals surface area contributed by atoms with Gasteiger partial charge in [-0.25, -0.2) is 9.97 Å². The zero-order valence-corrected chi connectivity index (χ0v) is 11.0. The number of rotatable bonds is 2. The molecule has 0 aliphatic carbocycles. The molecule has 0 aliphatic heterocycles. The van der Waals surface area contributed by atoms with Crippen molar-refractivity contribution in [1.29, 1.82) is 0 Å². The normalized spacial score (nSPS) is 10.3. The fourth-order valence-electron chi connectivity index (χ4n) is 1.37. The van der Waals surface area contributed by atoms with E-state index < -0.39 is 0 Å². The Morgan fingerprint density at radius 3 is 2.82 bits per heavy atom. The second kappa shape index (κ2) is 4.67. The minimum absolute atomic E-state index is 0.223. The molecule has 0 spiro atoms. The van der Waals surface area contributed by atoms with Crippen molar-refractivity contribution in [2.24, 2.45) is 7.05 Å². The summed E-state index contributed by atoms with van der Waals surface area (Å²) in [6.07, 6.45) is 3.09. The summed E-state index contributed by atoms with van der Waals surface area (Å²) < 4.78 is 2.57. The van der Waals surface area contributed by atoms with E-state index in [1.54, 1.807) is 24.0 Å². The van der Waals surface area contributed by atoms with Crippen LogP contribution in [0.25, 0.3) is 0 Å². The van der Waals surface area contributed by atoms with Gasteiger partial charge in [0.2, 0.25) is 0 Å². The highest BCUT2D eigenvalue weighted by molar-refractivity contribution is 9.10. The Balaban J connectivity index is 2.19. The molecular weight excluding hydrogens is 284 g/mol. The van der Waals surface area contributed by atoms with Gasteiger partial charge in [0.15, 0.2) is 0 Å². The van der Waals surface area contributed by atoms with Crippen molar-refractivity contribution in [3.05, 3.63) is 40.5 Å². The highest BCUT2D eigenvalue weighted by Crippen LogP contribution is 2.16. The maximum Gasteiger partial charge on any atom is 0.275 e. The van der Waals surface area contributed by atoms with E-state index in [1.165, 1.54) is 6.20 Å². The largest absolute Gasteiger partial charge is 0.330 e. The number of aromatic nitrogens is 3. The Kier molecular flexibility index (Phi) is 3.23. The summed E-state index contributed by atoms with van der Waals surface area (Å²) in [7, 11) is 1.77. The minimum atomic E-state index is -0.223. The van der Waals surface area contributed by atoms with Gasteiger partial charge in [0.05, 0.1) is 18.2 Å². The standard InChI is InChI=1S/C11H11BrN4O/c1-7-8(12)3-4-10(14-7)15-11(17)9-5-13-6-16(9)2/h3-6H,1-2H3,(H,14,15,17). The first-order valence-corrected chi connectivity index (χ1v) is 5.78. The van der Waals surface area contributed by atoms with E-state index in [-0.39, 0.29) is 5.91 Å². The number of hydrogen-bond donors (Lipinski definition) is 1. The Morgan fingerprint density at radius 2 is 2.24 bits per heavy atom. The first kappa shape index (κ1) is 11.8. The SMILES string of the molecule is Cc1nc(NC(=O)c2cncn2C)ccc1Br. The molecule has 17 heavy (non-hydrogen) atoms. The zero-order chi connectivity index (χ0) is 12.4. The van der Waals surface area contributed by atoms with Gasteiger partial charge in [-0.2, -0.15) is 0 Å². The Morgan fingerprint density at radius 1 is 1.47 bits per heavy atom. The lowest BCUT2D eigenvalue weighted by Crippen LogP contribution is -2.16. The van der Waals surface area contributed by atoms with Gasteiger partial charge in [-0.1, -0.05) is 0 Å². The van der Waals surface area contributed by atoms with Crippen LogP contribution in [0.1, 0.15) is 16.2 Å². The topological polar surface area (TPSA) is 59.8 Å². The van der Waals surface area contributed by atoms with E-state index in [4.69, 9.17) is 0 Å². The number of nitrogens with zero attached hydrogens (tertiary/aromatic N) is 3. The third kappa shape index (κ3) is 2.52. The number of halogens is 1. The molecule has 2 heterocycles. The zero-order valence-electron chi connectivity index (χ0n) is 9.44. The average molecular weight is 295 g/mol. The number of nitrogens with one attached hydrogen (secondary N) is 1. The van der Waals surface area contributed by atoms with Crippen molar-refractivity contribution in [2.75, 3.05) is 5.32 Å². The van der Waals surface area contributed by atoms with Gasteiger partial charge in [0.25, 0.3) is 5.91 Å². The Labute approximate surface area is 107 Å². The van der Waals surface area contributed by atoms with Crippen LogP contribution in [0, 0.1) is 6.92 Å². The number of aryl methyl sites for hydroxylation is 2. The van der Waals surface area contributed by atoms with Crippen LogP contribution in [0.15, 0.2) is 29.1 Å². The van der Waals surface area contributed by atoms with Gasteiger partial charge in [0.1, 0.15) is 11.5 Å². The van der Waals surface area contributed by atoms with Gasteiger partial charge in [-0.3, -0.25) is 4.79 Å². The smallest absolute Gasteiger partial charge is 0.275 e. The van der Waals surface area contributed by atoms with Gasteiger partial charge >= 0.3 is 0 Å². The molecular formula is C11H11BrN4O. The summed E-state index contributed by atoms with van der Waals surface area (Å²) in [6, 6.07) is 3.59. The van der Waals surface area contributed by atoms with Crippen molar-refractivity contribution in [1.82, 2.24) is 14.5 Å². The first-order valence-electron chi connectivity index (χ1n) is 4.99. The van der Waals surface area contributed by atoms with Crippen LogP contribution in [-0.4, -0.2) is 20.4 Å². The first-order chi connectivity index (χ1) is 8.08. The molecule has 1 amide bonds. The summed E-state index contributed by atoms with van der Waals surface area (Å²) in [5, 5.41) is 2.72. The highest BCUT2D eigenvalue weighted by Gasteiger charge is 2.10. The van der Waals surface area contributed by atoms with E-state index in [1.807, 2.05) is 13.0 Å². The molecule has 88 valence electrons. The predicted molar refractivity (Wildman–Crippen MR) is 67.8 cm³/mol. The summed E-state index contributed by atoms with van der Waals surface area (Å²) >= 11 is 3.36. The summed E-state index contributed by atoms with van der Waals surface area (Å²) in [4.78, 5) is 20.0. The molecule has 0 bridgehead atoms. The Bertz CT molecular complexity index is 564. The minimum Gasteiger partial charge on any atom is -0.330 e. The van der Waals surface area contributed by atoms with Gasteiger partial charge in [-0.05, 0) is 35.0 Å². The van der Waals surface area contributed by atoms with E-state index in [2.05, 4.69) is 31.2 Å². The van der Waals surface area contributed by atoms with Crippen molar-refractivity contribution in [3.63, 3.8) is 0 Å².